The Kier molecular flexibility index (Phi) is 3.50. The van der Waals surface area contributed by atoms with Crippen LogP contribution in [0.1, 0.15) is 45.5 Å². The third kappa shape index (κ3) is 2.19. The van der Waals surface area contributed by atoms with Gasteiger partial charge in [0.15, 0.2) is 0 Å². The molecule has 0 spiro atoms. The van der Waals surface area contributed by atoms with Crippen molar-refractivity contribution in [2.24, 2.45) is 5.73 Å². The summed E-state index contributed by atoms with van der Waals surface area (Å²) >= 11 is 0. The van der Waals surface area contributed by atoms with Gasteiger partial charge >= 0.3 is 0 Å². The number of carbonyl (C=O) groups excluding carboxylic acids is 4. The number of hydrogen-bond acceptors (Lipinski definition) is 5. The number of amides is 4. The Morgan fingerprint density at radius 1 is 1.14 bits per heavy atom. The van der Waals surface area contributed by atoms with Crippen LogP contribution in [0, 0.1) is 0 Å². The molecule has 3 rings (SSSR count). The van der Waals surface area contributed by atoms with E-state index in [4.69, 9.17) is 5.73 Å². The third-order valence-electron chi connectivity index (χ3n) is 3.98. The van der Waals surface area contributed by atoms with Crippen molar-refractivity contribution in [3.63, 3.8) is 0 Å². The van der Waals surface area contributed by atoms with Gasteiger partial charge in [-0.2, -0.15) is 0 Å². The van der Waals surface area contributed by atoms with Gasteiger partial charge in [-0.3, -0.25) is 29.4 Å². The van der Waals surface area contributed by atoms with E-state index >= 15 is 0 Å². The van der Waals surface area contributed by atoms with E-state index in [1.165, 1.54) is 0 Å². The Balaban J connectivity index is 1.96. The molecule has 7 heteroatoms. The van der Waals surface area contributed by atoms with Crippen LogP contribution in [0.2, 0.25) is 0 Å². The highest BCUT2D eigenvalue weighted by molar-refractivity contribution is 6.23. The summed E-state index contributed by atoms with van der Waals surface area (Å²) in [5.41, 5.74) is 6.82. The fourth-order valence-corrected chi connectivity index (χ4v) is 2.83. The molecule has 22 heavy (non-hydrogen) atoms. The van der Waals surface area contributed by atoms with Crippen LogP contribution in [-0.2, 0) is 16.1 Å². The summed E-state index contributed by atoms with van der Waals surface area (Å²) in [6.07, 6.45) is 0.944. The van der Waals surface area contributed by atoms with E-state index in [1.54, 1.807) is 18.2 Å². The predicted molar refractivity (Wildman–Crippen MR) is 75.6 cm³/mol. The van der Waals surface area contributed by atoms with Gasteiger partial charge < -0.3 is 5.73 Å². The normalized spacial score (nSPS) is 21.7. The van der Waals surface area contributed by atoms with Crippen LogP contribution in [0.15, 0.2) is 18.2 Å². The fourth-order valence-electron chi connectivity index (χ4n) is 2.83. The van der Waals surface area contributed by atoms with Crippen LogP contribution in [0.4, 0.5) is 0 Å². The molecule has 3 N–H and O–H groups in total. The number of imide groups is 2. The highest BCUT2D eigenvalue weighted by atomic mass is 16.2. The first-order valence-electron chi connectivity index (χ1n) is 7.07. The highest BCUT2D eigenvalue weighted by Gasteiger charge is 2.43. The zero-order chi connectivity index (χ0) is 15.9. The molecule has 1 atom stereocenters. The molecule has 1 aromatic carbocycles. The molecule has 0 saturated carbocycles. The molecule has 1 aromatic rings. The Hall–Kier alpha value is -2.54. The second kappa shape index (κ2) is 5.34. The molecule has 4 amide bonds. The number of rotatable bonds is 2. The van der Waals surface area contributed by atoms with Gasteiger partial charge in [0, 0.05) is 13.0 Å². The first-order valence-corrected chi connectivity index (χ1v) is 7.07. The summed E-state index contributed by atoms with van der Waals surface area (Å²) in [4.78, 5) is 49.4. The van der Waals surface area contributed by atoms with Crippen LogP contribution in [-0.4, -0.2) is 34.6 Å². The van der Waals surface area contributed by atoms with Crippen LogP contribution in [0.5, 0.6) is 0 Å². The zero-order valence-corrected chi connectivity index (χ0v) is 11.8. The molecular formula is C15H15N3O4. The third-order valence-corrected chi connectivity index (χ3v) is 3.98. The number of nitrogens with two attached hydrogens (primary N) is 1. The van der Waals surface area contributed by atoms with E-state index in [0.29, 0.717) is 6.42 Å². The van der Waals surface area contributed by atoms with Crippen molar-refractivity contribution < 1.29 is 19.2 Å². The maximum atomic E-state index is 12.5. The summed E-state index contributed by atoms with van der Waals surface area (Å²) in [6.45, 7) is 0.257. The first kappa shape index (κ1) is 14.4. The first-order chi connectivity index (χ1) is 10.5. The minimum atomic E-state index is -0.944. The lowest BCUT2D eigenvalue weighted by Crippen LogP contribution is -2.49. The van der Waals surface area contributed by atoms with Gasteiger partial charge in [0.1, 0.15) is 6.04 Å². The second-order valence-corrected chi connectivity index (χ2v) is 5.38. The Morgan fingerprint density at radius 3 is 2.59 bits per heavy atom. The van der Waals surface area contributed by atoms with Crippen molar-refractivity contribution >= 4 is 23.6 Å². The number of carbonyl (C=O) groups is 4. The van der Waals surface area contributed by atoms with E-state index in [9.17, 15) is 19.2 Å². The largest absolute Gasteiger partial charge is 0.326 e. The van der Waals surface area contributed by atoms with E-state index in [1.807, 2.05) is 0 Å². The summed E-state index contributed by atoms with van der Waals surface area (Å²) in [6, 6.07) is 3.87. The van der Waals surface area contributed by atoms with E-state index in [-0.39, 0.29) is 36.4 Å². The lowest BCUT2D eigenvalue weighted by atomic mass is 10.1. The molecular weight excluding hydrogens is 286 g/mol. The van der Waals surface area contributed by atoms with Gasteiger partial charge in [-0.05, 0) is 30.5 Å². The number of benzene rings is 1. The van der Waals surface area contributed by atoms with Gasteiger partial charge in [0.2, 0.25) is 11.8 Å². The van der Waals surface area contributed by atoms with Gasteiger partial charge in [-0.15, -0.1) is 0 Å². The Labute approximate surface area is 126 Å². The van der Waals surface area contributed by atoms with Crippen LogP contribution in [0.3, 0.4) is 0 Å². The minimum absolute atomic E-state index is 0.211. The maximum Gasteiger partial charge on any atom is 0.262 e. The number of fused-ring (bicyclic) bond motifs is 1. The average molecular weight is 301 g/mol. The van der Waals surface area contributed by atoms with Crippen molar-refractivity contribution in [1.82, 2.24) is 10.2 Å². The van der Waals surface area contributed by atoms with Crippen molar-refractivity contribution in [3.05, 3.63) is 34.9 Å². The van der Waals surface area contributed by atoms with Gasteiger partial charge in [0.25, 0.3) is 11.8 Å². The Bertz CT molecular complexity index is 698. The number of nitrogens with zero attached hydrogens (tertiary/aromatic N) is 1. The SMILES string of the molecule is NCc1ccc2c(c1)C(=O)N(C1CCCC(=O)NC1=O)C2=O. The van der Waals surface area contributed by atoms with E-state index in [2.05, 4.69) is 5.32 Å². The molecule has 1 saturated heterocycles. The van der Waals surface area contributed by atoms with Crippen LogP contribution >= 0.6 is 0 Å². The molecule has 0 bridgehead atoms. The van der Waals surface area contributed by atoms with Crippen molar-refractivity contribution in [2.45, 2.75) is 31.8 Å². The molecule has 7 nitrogen and oxygen atoms in total. The van der Waals surface area contributed by atoms with Gasteiger partial charge in [0.05, 0.1) is 11.1 Å². The van der Waals surface area contributed by atoms with Crippen molar-refractivity contribution in [2.75, 3.05) is 0 Å². The smallest absolute Gasteiger partial charge is 0.262 e. The predicted octanol–water partition coefficient (Wildman–Crippen LogP) is -0.0634. The molecule has 1 unspecified atom stereocenters. The van der Waals surface area contributed by atoms with Crippen LogP contribution in [0.25, 0.3) is 0 Å². The summed E-state index contributed by atoms with van der Waals surface area (Å²) in [5, 5.41) is 2.22. The number of hydrogen-bond donors (Lipinski definition) is 2. The molecule has 114 valence electrons. The summed E-state index contributed by atoms with van der Waals surface area (Å²) < 4.78 is 0. The monoisotopic (exact) mass is 301 g/mol. The molecule has 2 heterocycles. The second-order valence-electron chi connectivity index (χ2n) is 5.38. The number of nitrogens with one attached hydrogen (secondary N) is 1. The molecule has 2 aliphatic rings. The molecule has 0 radical (unpaired) electrons. The average Bonchev–Trinajstić information content (AvgIpc) is 2.63. The zero-order valence-electron chi connectivity index (χ0n) is 11.8. The molecule has 0 aliphatic carbocycles. The lowest BCUT2D eigenvalue weighted by molar-refractivity contribution is -0.131. The lowest BCUT2D eigenvalue weighted by Gasteiger charge is -2.22. The van der Waals surface area contributed by atoms with E-state index in [0.717, 1.165) is 10.5 Å². The minimum Gasteiger partial charge on any atom is -0.326 e. The quantitative estimate of drug-likeness (QED) is 0.743. The van der Waals surface area contributed by atoms with Gasteiger partial charge in [-0.25, -0.2) is 0 Å². The Morgan fingerprint density at radius 2 is 1.86 bits per heavy atom. The molecule has 1 fully saturated rings. The highest BCUT2D eigenvalue weighted by Crippen LogP contribution is 2.28. The summed E-state index contributed by atoms with van der Waals surface area (Å²) in [7, 11) is 0. The molecule has 2 aliphatic heterocycles. The van der Waals surface area contributed by atoms with Gasteiger partial charge in [-0.1, -0.05) is 6.07 Å². The topological polar surface area (TPSA) is 110 Å². The van der Waals surface area contributed by atoms with E-state index < -0.39 is 23.8 Å². The molecule has 0 aromatic heterocycles. The van der Waals surface area contributed by atoms with Crippen molar-refractivity contribution in [3.8, 4) is 0 Å². The summed E-state index contributed by atoms with van der Waals surface area (Å²) in [5.74, 6) is -1.99. The van der Waals surface area contributed by atoms with Crippen LogP contribution < -0.4 is 11.1 Å². The van der Waals surface area contributed by atoms with Crippen molar-refractivity contribution in [1.29, 1.82) is 0 Å². The standard InChI is InChI=1S/C15H15N3O4/c16-7-8-4-5-9-10(6-8)15(22)18(14(9)21)11-2-1-3-12(19)17-13(11)20/h4-6,11H,1-3,7,16H2,(H,17,19,20). The maximum absolute atomic E-state index is 12.5. The fraction of sp³-hybridized carbons (Fsp3) is 0.333.